The Kier molecular flexibility index (Phi) is 4.40. The number of benzene rings is 1. The van der Waals surface area contributed by atoms with Gasteiger partial charge in [-0.15, -0.1) is 0 Å². The molecule has 0 radical (unpaired) electrons. The molecule has 0 aliphatic carbocycles. The van der Waals surface area contributed by atoms with Crippen molar-refractivity contribution in [2.24, 2.45) is 0 Å². The molecule has 0 saturated carbocycles. The second-order valence-electron chi connectivity index (χ2n) is 6.59. The van der Waals surface area contributed by atoms with Crippen LogP contribution in [0.5, 0.6) is 0 Å². The third kappa shape index (κ3) is 3.00. The van der Waals surface area contributed by atoms with Crippen molar-refractivity contribution in [1.82, 2.24) is 14.5 Å². The Labute approximate surface area is 148 Å². The van der Waals surface area contributed by atoms with Gasteiger partial charge in [0.05, 0.1) is 18.6 Å². The normalized spacial score (nSPS) is 15.0. The lowest BCUT2D eigenvalue weighted by atomic mass is 10.1. The summed E-state index contributed by atoms with van der Waals surface area (Å²) in [5, 5.41) is 1.19. The number of aromatic nitrogens is 3. The molecule has 0 bridgehead atoms. The van der Waals surface area contributed by atoms with Gasteiger partial charge in [-0.25, -0.2) is 9.97 Å². The Balaban J connectivity index is 1.71. The average molecular weight is 336 g/mol. The number of anilines is 1. The fourth-order valence-electron chi connectivity index (χ4n) is 3.62. The van der Waals surface area contributed by atoms with Gasteiger partial charge in [-0.05, 0) is 31.4 Å². The Morgan fingerprint density at radius 2 is 1.80 bits per heavy atom. The molecule has 1 fully saturated rings. The predicted molar refractivity (Wildman–Crippen MR) is 100 cm³/mol. The number of morpholine rings is 1. The number of hydrogen-bond acceptors (Lipinski definition) is 4. The Morgan fingerprint density at radius 1 is 1.04 bits per heavy atom. The number of aryl methyl sites for hydroxylation is 3. The topological polar surface area (TPSA) is 43.2 Å². The van der Waals surface area contributed by atoms with Crippen molar-refractivity contribution in [2.75, 3.05) is 31.2 Å². The van der Waals surface area contributed by atoms with E-state index >= 15 is 0 Å². The van der Waals surface area contributed by atoms with Crippen molar-refractivity contribution in [3.8, 4) is 0 Å². The van der Waals surface area contributed by atoms with Crippen molar-refractivity contribution in [3.05, 3.63) is 53.5 Å². The minimum atomic E-state index is 0.762. The summed E-state index contributed by atoms with van der Waals surface area (Å²) in [5.41, 5.74) is 4.96. The summed E-state index contributed by atoms with van der Waals surface area (Å²) in [4.78, 5) is 11.6. The Morgan fingerprint density at radius 3 is 2.56 bits per heavy atom. The van der Waals surface area contributed by atoms with Crippen molar-refractivity contribution < 1.29 is 4.74 Å². The van der Waals surface area contributed by atoms with E-state index in [1.165, 1.54) is 22.2 Å². The number of ether oxygens (including phenoxy) is 1. The van der Waals surface area contributed by atoms with E-state index in [9.17, 15) is 0 Å². The highest BCUT2D eigenvalue weighted by molar-refractivity contribution is 5.92. The minimum Gasteiger partial charge on any atom is -0.378 e. The first-order valence-corrected chi connectivity index (χ1v) is 8.92. The molecule has 5 heteroatoms. The van der Waals surface area contributed by atoms with Crippen LogP contribution < -0.4 is 4.90 Å². The molecular formula is C20H24N4O. The van der Waals surface area contributed by atoms with Gasteiger partial charge in [0.15, 0.2) is 0 Å². The molecule has 5 nitrogen and oxygen atoms in total. The fraction of sp³-hybridized carbons (Fsp3) is 0.400. The van der Waals surface area contributed by atoms with E-state index in [2.05, 4.69) is 63.6 Å². The van der Waals surface area contributed by atoms with Crippen LogP contribution in [-0.4, -0.2) is 40.8 Å². The summed E-state index contributed by atoms with van der Waals surface area (Å²) >= 11 is 0. The van der Waals surface area contributed by atoms with E-state index in [0.717, 1.165) is 50.7 Å². The maximum Gasteiger partial charge on any atom is 0.145 e. The second-order valence-corrected chi connectivity index (χ2v) is 6.59. The second kappa shape index (κ2) is 6.84. The monoisotopic (exact) mass is 336 g/mol. The molecule has 3 heterocycles. The van der Waals surface area contributed by atoms with Gasteiger partial charge in [-0.2, -0.15) is 0 Å². The van der Waals surface area contributed by atoms with Gasteiger partial charge < -0.3 is 14.2 Å². The van der Waals surface area contributed by atoms with Gasteiger partial charge in [0.25, 0.3) is 0 Å². The molecule has 0 N–H and O–H groups in total. The molecule has 0 unspecified atom stereocenters. The highest BCUT2D eigenvalue weighted by Crippen LogP contribution is 2.31. The van der Waals surface area contributed by atoms with E-state index in [0.29, 0.717) is 0 Å². The van der Waals surface area contributed by atoms with Crippen LogP contribution in [0.1, 0.15) is 16.8 Å². The molecule has 2 aromatic heterocycles. The van der Waals surface area contributed by atoms with Crippen molar-refractivity contribution >= 4 is 16.9 Å². The van der Waals surface area contributed by atoms with Crippen LogP contribution in [-0.2, 0) is 17.7 Å². The van der Waals surface area contributed by atoms with E-state index < -0.39 is 0 Å². The molecule has 1 aliphatic rings. The van der Waals surface area contributed by atoms with Crippen LogP contribution in [0, 0.1) is 13.8 Å². The third-order valence-electron chi connectivity index (χ3n) is 5.16. The third-order valence-corrected chi connectivity index (χ3v) is 5.16. The summed E-state index contributed by atoms with van der Waals surface area (Å²) in [7, 11) is 0. The largest absolute Gasteiger partial charge is 0.378 e. The smallest absolute Gasteiger partial charge is 0.145 e. The van der Waals surface area contributed by atoms with Crippen LogP contribution in [0.25, 0.3) is 11.0 Å². The molecule has 0 atom stereocenters. The predicted octanol–water partition coefficient (Wildman–Crippen LogP) is 3.13. The summed E-state index contributed by atoms with van der Waals surface area (Å²) in [6, 6.07) is 10.6. The first-order chi connectivity index (χ1) is 12.3. The van der Waals surface area contributed by atoms with E-state index in [4.69, 9.17) is 4.74 Å². The fourth-order valence-corrected chi connectivity index (χ4v) is 3.62. The lowest BCUT2D eigenvalue weighted by molar-refractivity contribution is 0.122. The molecule has 0 spiro atoms. The summed E-state index contributed by atoms with van der Waals surface area (Å²) < 4.78 is 7.83. The Hall–Kier alpha value is -2.40. The molecule has 25 heavy (non-hydrogen) atoms. The highest BCUT2D eigenvalue weighted by atomic mass is 16.5. The van der Waals surface area contributed by atoms with Crippen molar-refractivity contribution in [3.63, 3.8) is 0 Å². The van der Waals surface area contributed by atoms with Crippen LogP contribution in [0.4, 0.5) is 5.82 Å². The van der Waals surface area contributed by atoms with Gasteiger partial charge in [0.2, 0.25) is 0 Å². The molecule has 1 saturated heterocycles. The zero-order valence-electron chi connectivity index (χ0n) is 14.9. The van der Waals surface area contributed by atoms with Gasteiger partial charge in [0, 0.05) is 25.3 Å². The first kappa shape index (κ1) is 16.1. The van der Waals surface area contributed by atoms with E-state index in [1.54, 1.807) is 6.33 Å². The molecule has 130 valence electrons. The maximum absolute atomic E-state index is 5.49. The highest BCUT2D eigenvalue weighted by Gasteiger charge is 2.21. The first-order valence-electron chi connectivity index (χ1n) is 8.92. The standard InChI is InChI=1S/C20H24N4O/c1-15-16(2)24(9-8-17-6-4-3-5-7-17)20-18(15)19(21-14-22-20)23-10-12-25-13-11-23/h3-7,14H,8-13H2,1-2H3. The number of rotatable bonds is 4. The summed E-state index contributed by atoms with van der Waals surface area (Å²) in [6.07, 6.45) is 2.70. The molecule has 0 amide bonds. The summed E-state index contributed by atoms with van der Waals surface area (Å²) in [6.45, 7) is 8.60. The zero-order valence-corrected chi connectivity index (χ0v) is 14.9. The Bertz CT molecular complexity index is 866. The molecule has 4 rings (SSSR count). The molecule has 1 aliphatic heterocycles. The van der Waals surface area contributed by atoms with Crippen molar-refractivity contribution in [1.29, 1.82) is 0 Å². The lowest BCUT2D eigenvalue weighted by Crippen LogP contribution is -2.36. The van der Waals surface area contributed by atoms with Gasteiger partial charge >= 0.3 is 0 Å². The SMILES string of the molecule is Cc1c(C)n(CCc2ccccc2)c2ncnc(N3CCOCC3)c12. The van der Waals surface area contributed by atoms with Crippen LogP contribution in [0.3, 0.4) is 0 Å². The van der Waals surface area contributed by atoms with Gasteiger partial charge in [-0.1, -0.05) is 30.3 Å². The van der Waals surface area contributed by atoms with Crippen molar-refractivity contribution in [2.45, 2.75) is 26.8 Å². The summed E-state index contributed by atoms with van der Waals surface area (Å²) in [5.74, 6) is 1.05. The quantitative estimate of drug-likeness (QED) is 0.734. The number of hydrogen-bond donors (Lipinski definition) is 0. The maximum atomic E-state index is 5.49. The van der Waals surface area contributed by atoms with Crippen LogP contribution >= 0.6 is 0 Å². The molecule has 1 aromatic carbocycles. The molecular weight excluding hydrogens is 312 g/mol. The van der Waals surface area contributed by atoms with Crippen LogP contribution in [0.15, 0.2) is 36.7 Å². The number of fused-ring (bicyclic) bond motifs is 1. The van der Waals surface area contributed by atoms with Gasteiger partial charge in [-0.3, -0.25) is 0 Å². The average Bonchev–Trinajstić information content (AvgIpc) is 2.92. The zero-order chi connectivity index (χ0) is 17.2. The number of nitrogens with zero attached hydrogens (tertiary/aromatic N) is 4. The van der Waals surface area contributed by atoms with E-state index in [-0.39, 0.29) is 0 Å². The van der Waals surface area contributed by atoms with E-state index in [1.807, 2.05) is 0 Å². The lowest BCUT2D eigenvalue weighted by Gasteiger charge is -2.28. The molecule has 3 aromatic rings. The minimum absolute atomic E-state index is 0.762. The van der Waals surface area contributed by atoms with Gasteiger partial charge in [0.1, 0.15) is 17.8 Å². The van der Waals surface area contributed by atoms with Crippen LogP contribution in [0.2, 0.25) is 0 Å².